The number of pyridine rings is 1. The third kappa shape index (κ3) is 7.50. The molecule has 8 heteroatoms. The average Bonchev–Trinajstić information content (AvgIpc) is 2.95. The molecule has 0 radical (unpaired) electrons. The molecule has 1 aromatic heterocycles. The number of nitrogens with two attached hydrogens (primary N) is 1. The normalized spacial score (nSPS) is 14.8. The summed E-state index contributed by atoms with van der Waals surface area (Å²) >= 11 is 0. The lowest BCUT2D eigenvalue weighted by molar-refractivity contribution is -0.121. The third-order valence-corrected chi connectivity index (χ3v) is 7.26. The quantitative estimate of drug-likeness (QED) is 0.280. The van der Waals surface area contributed by atoms with Gasteiger partial charge < -0.3 is 25.5 Å². The van der Waals surface area contributed by atoms with Crippen LogP contribution < -0.4 is 21.2 Å². The topological polar surface area (TPSA) is 124 Å². The van der Waals surface area contributed by atoms with Crippen molar-refractivity contribution >= 4 is 29.0 Å². The molecule has 4 rings (SSSR count). The number of unbranched alkanes of at least 4 members (excludes halogenated alkanes) is 2. The van der Waals surface area contributed by atoms with Gasteiger partial charge in [-0.2, -0.15) is 0 Å². The number of hydrogen-bond acceptors (Lipinski definition) is 5. The Hall–Kier alpha value is -4.07. The molecule has 2 amide bonds. The summed E-state index contributed by atoms with van der Waals surface area (Å²) in [6.07, 6.45) is 10.7. The van der Waals surface area contributed by atoms with Gasteiger partial charge in [0.15, 0.2) is 5.43 Å². The number of carbonyl (C=O) groups is 2. The van der Waals surface area contributed by atoms with E-state index in [-0.39, 0.29) is 18.0 Å². The fraction of sp³-hybridized carbons (Fsp3) is 0.387. The molecule has 0 unspecified atom stereocenters. The molecule has 0 saturated heterocycles. The molecular weight excluding hydrogens is 494 g/mol. The minimum atomic E-state index is -0.671. The van der Waals surface area contributed by atoms with Crippen LogP contribution in [0.2, 0.25) is 0 Å². The Kier molecular flexibility index (Phi) is 9.78. The number of ether oxygens (including phenoxy) is 2. The summed E-state index contributed by atoms with van der Waals surface area (Å²) in [5.74, 6) is 0.246. The van der Waals surface area contributed by atoms with Crippen molar-refractivity contribution in [1.29, 1.82) is 0 Å². The first-order chi connectivity index (χ1) is 19.0. The van der Waals surface area contributed by atoms with Crippen molar-refractivity contribution in [2.75, 3.05) is 13.7 Å². The molecule has 0 spiro atoms. The molecule has 0 bridgehead atoms. The van der Waals surface area contributed by atoms with Gasteiger partial charge in [-0.1, -0.05) is 61.7 Å². The van der Waals surface area contributed by atoms with Gasteiger partial charge in [-0.25, -0.2) is 4.79 Å². The molecule has 4 N–H and O–H groups in total. The lowest BCUT2D eigenvalue weighted by Crippen LogP contribution is -2.49. The zero-order valence-corrected chi connectivity index (χ0v) is 22.4. The summed E-state index contributed by atoms with van der Waals surface area (Å²) in [7, 11) is 1.61. The summed E-state index contributed by atoms with van der Waals surface area (Å²) in [5.41, 5.74) is 8.70. The predicted octanol–water partition coefficient (Wildman–Crippen LogP) is 5.55. The van der Waals surface area contributed by atoms with E-state index in [4.69, 9.17) is 15.2 Å². The number of fused-ring (bicyclic) bond motifs is 1. The number of benzene rings is 2. The highest BCUT2D eigenvalue weighted by Crippen LogP contribution is 2.28. The highest BCUT2D eigenvalue weighted by Gasteiger charge is 2.29. The first kappa shape index (κ1) is 28.0. The lowest BCUT2D eigenvalue weighted by atomic mass is 9.83. The zero-order valence-electron chi connectivity index (χ0n) is 22.4. The lowest BCUT2D eigenvalue weighted by Gasteiger charge is -2.28. The standard InChI is InChI=1S/C31H37N3O5/c1-38-28-20-26-24(27(35)19-25(33-26)21-12-7-4-8-13-21)18-23(28)16-6-2-3-11-17-39-31(37)34-29(30(32)36)22-14-9-5-10-15-22/h4,6-8,12-13,16,18-20,22,29H,2-3,5,9-11,14-15,17H2,1H3,(H2,32,36)(H,33,35)(H,34,37)/b16-6+/t29-/m0/s1. The summed E-state index contributed by atoms with van der Waals surface area (Å²) in [6.45, 7) is 0.258. The minimum Gasteiger partial charge on any atom is -0.496 e. The number of carbonyl (C=O) groups excluding carboxylic acids is 2. The SMILES string of the molecule is COc1cc2[nH]c(-c3ccccc3)cc(=O)c2cc1/C=C/CCCCOC(=O)N[C@H](C(N)=O)C1CCCCC1. The third-order valence-electron chi connectivity index (χ3n) is 7.26. The van der Waals surface area contributed by atoms with Gasteiger partial charge in [0.25, 0.3) is 0 Å². The van der Waals surface area contributed by atoms with Crippen LogP contribution in [0.3, 0.4) is 0 Å². The minimum absolute atomic E-state index is 0.0580. The van der Waals surface area contributed by atoms with Crippen LogP contribution in [-0.4, -0.2) is 36.7 Å². The number of aromatic amines is 1. The van der Waals surface area contributed by atoms with Gasteiger partial charge >= 0.3 is 6.09 Å². The van der Waals surface area contributed by atoms with Crippen molar-refractivity contribution in [3.05, 3.63) is 70.4 Å². The fourth-order valence-corrected chi connectivity index (χ4v) is 5.17. The van der Waals surface area contributed by atoms with Crippen molar-refractivity contribution in [1.82, 2.24) is 10.3 Å². The molecule has 0 aliphatic heterocycles. The Balaban J connectivity index is 1.28. The highest BCUT2D eigenvalue weighted by molar-refractivity contribution is 5.86. The van der Waals surface area contributed by atoms with Crippen molar-refractivity contribution in [3.8, 4) is 17.0 Å². The molecule has 3 aromatic rings. The van der Waals surface area contributed by atoms with Crippen LogP contribution >= 0.6 is 0 Å². The largest absolute Gasteiger partial charge is 0.496 e. The molecule has 8 nitrogen and oxygen atoms in total. The smallest absolute Gasteiger partial charge is 0.407 e. The van der Waals surface area contributed by atoms with Crippen LogP contribution in [0, 0.1) is 5.92 Å². The van der Waals surface area contributed by atoms with E-state index < -0.39 is 18.0 Å². The number of aromatic nitrogens is 1. The van der Waals surface area contributed by atoms with Crippen LogP contribution in [0.4, 0.5) is 4.79 Å². The molecule has 1 aliphatic carbocycles. The van der Waals surface area contributed by atoms with Crippen molar-refractivity contribution in [2.24, 2.45) is 11.7 Å². The molecule has 1 aliphatic rings. The van der Waals surface area contributed by atoms with E-state index in [1.165, 1.54) is 0 Å². The van der Waals surface area contributed by atoms with Gasteiger partial charge in [0, 0.05) is 28.8 Å². The maximum atomic E-state index is 12.9. The predicted molar refractivity (Wildman–Crippen MR) is 153 cm³/mol. The number of amides is 2. The van der Waals surface area contributed by atoms with E-state index in [9.17, 15) is 14.4 Å². The van der Waals surface area contributed by atoms with Crippen LogP contribution in [-0.2, 0) is 9.53 Å². The fourth-order valence-electron chi connectivity index (χ4n) is 5.17. The average molecular weight is 532 g/mol. The Morgan fingerprint density at radius 3 is 2.59 bits per heavy atom. The van der Waals surface area contributed by atoms with E-state index in [1.54, 1.807) is 13.2 Å². The van der Waals surface area contributed by atoms with Gasteiger partial charge in [-0.3, -0.25) is 9.59 Å². The molecule has 206 valence electrons. The molecule has 2 aromatic carbocycles. The van der Waals surface area contributed by atoms with Crippen LogP contribution in [0.15, 0.2) is 59.4 Å². The first-order valence-corrected chi connectivity index (χ1v) is 13.7. The number of allylic oxidation sites excluding steroid dienone is 1. The van der Waals surface area contributed by atoms with E-state index in [1.807, 2.05) is 54.6 Å². The van der Waals surface area contributed by atoms with Gasteiger partial charge in [0.2, 0.25) is 5.91 Å². The maximum absolute atomic E-state index is 12.9. The van der Waals surface area contributed by atoms with E-state index >= 15 is 0 Å². The second-order valence-electron chi connectivity index (χ2n) is 10.0. The maximum Gasteiger partial charge on any atom is 0.407 e. The number of primary amides is 1. The van der Waals surface area contributed by atoms with Gasteiger partial charge in [-0.05, 0) is 49.7 Å². The van der Waals surface area contributed by atoms with Crippen LogP contribution in [0.1, 0.15) is 56.9 Å². The van der Waals surface area contributed by atoms with E-state index in [0.717, 1.165) is 61.8 Å². The molecular formula is C31H37N3O5. The number of hydrogen-bond donors (Lipinski definition) is 3. The molecule has 1 saturated carbocycles. The van der Waals surface area contributed by atoms with Gasteiger partial charge in [0.05, 0.1) is 19.2 Å². The first-order valence-electron chi connectivity index (χ1n) is 13.7. The van der Waals surface area contributed by atoms with Gasteiger partial charge in [-0.15, -0.1) is 0 Å². The second-order valence-corrected chi connectivity index (χ2v) is 10.0. The van der Waals surface area contributed by atoms with Crippen LogP contribution in [0.5, 0.6) is 5.75 Å². The summed E-state index contributed by atoms with van der Waals surface area (Å²) in [5, 5.41) is 3.26. The van der Waals surface area contributed by atoms with Gasteiger partial charge in [0.1, 0.15) is 11.8 Å². The van der Waals surface area contributed by atoms with Crippen molar-refractivity contribution in [2.45, 2.75) is 57.4 Å². The Morgan fingerprint density at radius 2 is 1.87 bits per heavy atom. The van der Waals surface area contributed by atoms with E-state index in [2.05, 4.69) is 10.3 Å². The molecule has 1 atom stereocenters. The highest BCUT2D eigenvalue weighted by atomic mass is 16.5. The molecule has 39 heavy (non-hydrogen) atoms. The number of nitrogens with one attached hydrogen (secondary N) is 2. The number of methoxy groups -OCH3 is 1. The van der Waals surface area contributed by atoms with Crippen LogP contribution in [0.25, 0.3) is 28.2 Å². The van der Waals surface area contributed by atoms with Crippen molar-refractivity contribution in [3.63, 3.8) is 0 Å². The molecule has 1 heterocycles. The monoisotopic (exact) mass is 531 g/mol. The zero-order chi connectivity index (χ0) is 27.6. The summed E-state index contributed by atoms with van der Waals surface area (Å²) < 4.78 is 10.9. The number of rotatable bonds is 11. The second kappa shape index (κ2) is 13.6. The summed E-state index contributed by atoms with van der Waals surface area (Å²) in [4.78, 5) is 40.2. The number of alkyl carbamates (subject to hydrolysis) is 1. The van der Waals surface area contributed by atoms with Crippen molar-refractivity contribution < 1.29 is 19.1 Å². The Morgan fingerprint density at radius 1 is 1.10 bits per heavy atom. The Labute approximate surface area is 228 Å². The summed E-state index contributed by atoms with van der Waals surface area (Å²) in [6, 6.07) is 14.4. The Bertz CT molecular complexity index is 1360. The molecule has 1 fully saturated rings. The van der Waals surface area contributed by atoms with E-state index in [0.29, 0.717) is 23.1 Å². The number of H-pyrrole nitrogens is 1.